The Balaban J connectivity index is 2.54. The summed E-state index contributed by atoms with van der Waals surface area (Å²) in [4.78, 5) is 10.4. The fourth-order valence-corrected chi connectivity index (χ4v) is 1.65. The summed E-state index contributed by atoms with van der Waals surface area (Å²) < 4.78 is 0. The molecule has 2 rings (SSSR count). The molecule has 0 heterocycles. The molecule has 14 heavy (non-hydrogen) atoms. The molecule has 1 saturated carbocycles. The van der Waals surface area contributed by atoms with Gasteiger partial charge in [-0.15, -0.1) is 6.42 Å². The molecule has 0 aliphatic heterocycles. The molecule has 1 aromatic rings. The third-order valence-corrected chi connectivity index (χ3v) is 2.64. The Kier molecular flexibility index (Phi) is 1.78. The van der Waals surface area contributed by atoms with E-state index in [0.717, 1.165) is 12.8 Å². The summed E-state index contributed by atoms with van der Waals surface area (Å²) in [5.74, 6) is 2.66. The first kappa shape index (κ1) is 8.76. The Morgan fingerprint density at radius 2 is 2.07 bits per heavy atom. The maximum Gasteiger partial charge on any atom is 0.274 e. The summed E-state index contributed by atoms with van der Waals surface area (Å²) in [5.41, 5.74) is 0.472. The van der Waals surface area contributed by atoms with Crippen molar-refractivity contribution >= 4 is 5.69 Å². The van der Waals surface area contributed by atoms with Crippen molar-refractivity contribution in [2.24, 2.45) is 0 Å². The van der Waals surface area contributed by atoms with Gasteiger partial charge in [-0.1, -0.05) is 24.1 Å². The van der Waals surface area contributed by atoms with Crippen molar-refractivity contribution in [3.63, 3.8) is 0 Å². The lowest BCUT2D eigenvalue weighted by atomic mass is 9.95. The first-order valence-corrected chi connectivity index (χ1v) is 4.41. The van der Waals surface area contributed by atoms with Gasteiger partial charge in [0.1, 0.15) is 0 Å². The van der Waals surface area contributed by atoms with Crippen molar-refractivity contribution < 1.29 is 4.92 Å². The highest BCUT2D eigenvalue weighted by Crippen LogP contribution is 2.50. The molecule has 0 unspecified atom stereocenters. The summed E-state index contributed by atoms with van der Waals surface area (Å²) in [6.45, 7) is 0. The van der Waals surface area contributed by atoms with E-state index in [-0.39, 0.29) is 16.0 Å². The van der Waals surface area contributed by atoms with E-state index in [9.17, 15) is 10.1 Å². The number of para-hydroxylation sites is 1. The average Bonchev–Trinajstić information content (AvgIpc) is 2.98. The minimum atomic E-state index is -0.368. The van der Waals surface area contributed by atoms with Crippen LogP contribution in [-0.2, 0) is 5.41 Å². The lowest BCUT2D eigenvalue weighted by Crippen LogP contribution is -2.06. The normalized spacial score (nSPS) is 17.1. The van der Waals surface area contributed by atoms with Crippen molar-refractivity contribution in [3.05, 3.63) is 39.9 Å². The second-order valence-corrected chi connectivity index (χ2v) is 3.50. The average molecular weight is 187 g/mol. The third-order valence-electron chi connectivity index (χ3n) is 2.64. The van der Waals surface area contributed by atoms with E-state index in [4.69, 9.17) is 6.42 Å². The number of hydrogen-bond donors (Lipinski definition) is 0. The van der Waals surface area contributed by atoms with Crippen LogP contribution in [0.15, 0.2) is 24.3 Å². The van der Waals surface area contributed by atoms with Crippen molar-refractivity contribution in [3.8, 4) is 12.3 Å². The third kappa shape index (κ3) is 1.16. The van der Waals surface area contributed by atoms with Crippen molar-refractivity contribution in [2.45, 2.75) is 18.3 Å². The molecule has 1 aliphatic carbocycles. The van der Waals surface area contributed by atoms with Crippen LogP contribution in [0.5, 0.6) is 0 Å². The van der Waals surface area contributed by atoms with Crippen molar-refractivity contribution in [1.29, 1.82) is 0 Å². The molecule has 1 aliphatic rings. The summed E-state index contributed by atoms with van der Waals surface area (Å²) in [6.07, 6.45) is 7.11. The standard InChI is InChI=1S/C11H9NO2/c1-2-11(7-8-11)9-5-3-4-6-10(9)12(13)14/h1,3-6H,7-8H2. The SMILES string of the molecule is C#CC1(c2ccccc2[N+](=O)[O-])CC1. The van der Waals surface area contributed by atoms with Gasteiger partial charge in [-0.3, -0.25) is 10.1 Å². The molecule has 0 N–H and O–H groups in total. The molecule has 0 saturated heterocycles. The maximum absolute atomic E-state index is 10.7. The molecule has 1 fully saturated rings. The predicted molar refractivity (Wildman–Crippen MR) is 52.8 cm³/mol. The molecule has 0 amide bonds. The lowest BCUT2D eigenvalue weighted by Gasteiger charge is -2.07. The minimum Gasteiger partial charge on any atom is -0.258 e. The highest BCUT2D eigenvalue weighted by atomic mass is 16.6. The van der Waals surface area contributed by atoms with Crippen LogP contribution in [0.3, 0.4) is 0 Å². The van der Waals surface area contributed by atoms with Crippen LogP contribution in [0.25, 0.3) is 0 Å². The fraction of sp³-hybridized carbons (Fsp3) is 0.273. The number of nitro benzene ring substituents is 1. The van der Waals surface area contributed by atoms with Crippen molar-refractivity contribution in [1.82, 2.24) is 0 Å². The zero-order valence-corrected chi connectivity index (χ0v) is 7.56. The number of terminal acetylenes is 1. The topological polar surface area (TPSA) is 43.1 Å². The second-order valence-electron chi connectivity index (χ2n) is 3.50. The number of nitro groups is 1. The smallest absolute Gasteiger partial charge is 0.258 e. The van der Waals surface area contributed by atoms with E-state index < -0.39 is 0 Å². The molecule has 0 radical (unpaired) electrons. The van der Waals surface area contributed by atoms with E-state index in [0.29, 0.717) is 5.56 Å². The summed E-state index contributed by atoms with van der Waals surface area (Å²) >= 11 is 0. The number of nitrogens with zero attached hydrogens (tertiary/aromatic N) is 1. The molecule has 0 bridgehead atoms. The molecule has 0 spiro atoms. The highest BCUT2D eigenvalue weighted by Gasteiger charge is 2.46. The zero-order chi connectivity index (χ0) is 10.2. The molecule has 3 nitrogen and oxygen atoms in total. The number of rotatable bonds is 2. The van der Waals surface area contributed by atoms with Gasteiger partial charge in [-0.25, -0.2) is 0 Å². The van der Waals surface area contributed by atoms with Crippen LogP contribution >= 0.6 is 0 Å². The number of hydrogen-bond acceptors (Lipinski definition) is 2. The summed E-state index contributed by atoms with van der Waals surface area (Å²) in [7, 11) is 0. The predicted octanol–water partition coefficient (Wildman–Crippen LogP) is 2.26. The van der Waals surface area contributed by atoms with Crippen LogP contribution in [0.4, 0.5) is 5.69 Å². The molecular formula is C11H9NO2. The van der Waals surface area contributed by atoms with E-state index in [1.165, 1.54) is 6.07 Å². The minimum absolute atomic E-state index is 0.142. The van der Waals surface area contributed by atoms with Gasteiger partial charge in [0.2, 0.25) is 0 Å². The lowest BCUT2D eigenvalue weighted by molar-refractivity contribution is -0.385. The van der Waals surface area contributed by atoms with Crippen LogP contribution in [0.2, 0.25) is 0 Å². The molecular weight excluding hydrogens is 178 g/mol. The Hall–Kier alpha value is -1.82. The van der Waals surface area contributed by atoms with Gasteiger partial charge in [-0.05, 0) is 12.8 Å². The summed E-state index contributed by atoms with van der Waals surface area (Å²) in [6, 6.07) is 6.71. The highest BCUT2D eigenvalue weighted by molar-refractivity contribution is 5.52. The van der Waals surface area contributed by atoms with Crippen LogP contribution in [0.1, 0.15) is 18.4 Å². The molecule has 70 valence electrons. The fourth-order valence-electron chi connectivity index (χ4n) is 1.65. The molecule has 0 atom stereocenters. The van der Waals surface area contributed by atoms with Gasteiger partial charge >= 0.3 is 0 Å². The van der Waals surface area contributed by atoms with E-state index >= 15 is 0 Å². The molecule has 1 aromatic carbocycles. The molecule has 0 aromatic heterocycles. The van der Waals surface area contributed by atoms with Gasteiger partial charge in [0, 0.05) is 11.6 Å². The first-order chi connectivity index (χ1) is 6.69. The van der Waals surface area contributed by atoms with E-state index in [2.05, 4.69) is 5.92 Å². The van der Waals surface area contributed by atoms with Gasteiger partial charge in [0.05, 0.1) is 10.3 Å². The van der Waals surface area contributed by atoms with Crippen LogP contribution in [0, 0.1) is 22.5 Å². The Bertz CT molecular complexity index is 427. The largest absolute Gasteiger partial charge is 0.274 e. The monoisotopic (exact) mass is 187 g/mol. The first-order valence-electron chi connectivity index (χ1n) is 4.41. The Labute approximate surface area is 81.9 Å². The Morgan fingerprint density at radius 1 is 1.43 bits per heavy atom. The van der Waals surface area contributed by atoms with Crippen LogP contribution < -0.4 is 0 Å². The zero-order valence-electron chi connectivity index (χ0n) is 7.56. The van der Waals surface area contributed by atoms with E-state index in [1.54, 1.807) is 18.2 Å². The van der Waals surface area contributed by atoms with Gasteiger partial charge in [-0.2, -0.15) is 0 Å². The van der Waals surface area contributed by atoms with Gasteiger partial charge in [0.15, 0.2) is 0 Å². The number of benzene rings is 1. The second kappa shape index (κ2) is 2.85. The maximum atomic E-state index is 10.7. The summed E-state index contributed by atoms with van der Waals surface area (Å²) in [5, 5.41) is 10.7. The molecule has 3 heteroatoms. The Morgan fingerprint density at radius 3 is 2.57 bits per heavy atom. The van der Waals surface area contributed by atoms with Crippen LogP contribution in [-0.4, -0.2) is 4.92 Å². The van der Waals surface area contributed by atoms with Gasteiger partial charge in [0.25, 0.3) is 5.69 Å². The quantitative estimate of drug-likeness (QED) is 0.405. The van der Waals surface area contributed by atoms with Crippen molar-refractivity contribution in [2.75, 3.05) is 0 Å². The van der Waals surface area contributed by atoms with Gasteiger partial charge < -0.3 is 0 Å². The van der Waals surface area contributed by atoms with E-state index in [1.807, 2.05) is 0 Å².